The molecule has 108 valence electrons. The van der Waals surface area contributed by atoms with Crippen LogP contribution in [0, 0.1) is 0 Å². The first-order valence-corrected chi connectivity index (χ1v) is 9.90. The first kappa shape index (κ1) is 22.8. The quantitative estimate of drug-likeness (QED) is 0.449. The predicted molar refractivity (Wildman–Crippen MR) is 73.6 cm³/mol. The summed E-state index contributed by atoms with van der Waals surface area (Å²) in [6.45, 7) is 9.53. The van der Waals surface area contributed by atoms with Gasteiger partial charge in [0.2, 0.25) is 0 Å². The smallest absolute Gasteiger partial charge is 1.00 e. The van der Waals surface area contributed by atoms with E-state index in [1.54, 1.807) is 19.8 Å². The van der Waals surface area contributed by atoms with Crippen LogP contribution in [-0.4, -0.2) is 8.07 Å². The molecule has 1 aromatic carbocycles. The van der Waals surface area contributed by atoms with Crippen molar-refractivity contribution in [1.82, 2.24) is 0 Å². The van der Waals surface area contributed by atoms with Crippen molar-refractivity contribution in [2.24, 2.45) is 0 Å². The summed E-state index contributed by atoms with van der Waals surface area (Å²) in [5.74, 6) is 0. The molecule has 0 amide bonds. The van der Waals surface area contributed by atoms with Crippen LogP contribution in [0.15, 0.2) is 50.6 Å². The van der Waals surface area contributed by atoms with Gasteiger partial charge in [0.1, 0.15) is 0 Å². The van der Waals surface area contributed by atoms with Crippen molar-refractivity contribution in [2.75, 3.05) is 0 Å². The number of hydrogen-bond donors (Lipinski definition) is 0. The molecule has 1 aliphatic carbocycles. The summed E-state index contributed by atoms with van der Waals surface area (Å²) in [7, 11) is -1.46. The molecule has 0 N–H and O–H groups in total. The molecule has 0 saturated heterocycles. The molecule has 0 bridgehead atoms. The maximum absolute atomic E-state index is 2.48. The summed E-state index contributed by atoms with van der Waals surface area (Å²) >= 11 is 2.28. The summed E-state index contributed by atoms with van der Waals surface area (Å²) in [5, 5.41) is 3.27. The fraction of sp³-hybridized carbons (Fsp3) is 0.333. The number of hydrogen-bond acceptors (Lipinski definition) is 0. The zero-order valence-corrected chi connectivity index (χ0v) is 17.1. The fourth-order valence-electron chi connectivity index (χ4n) is 2.61. The number of halogens is 3. The van der Waals surface area contributed by atoms with Gasteiger partial charge >= 0.3 is 118 Å². The minimum Gasteiger partial charge on any atom is -1.00 e. The molecule has 0 unspecified atom stereocenters. The molecular weight excluding hydrogens is 362 g/mol. The summed E-state index contributed by atoms with van der Waals surface area (Å²) in [5.41, 5.74) is 3.08. The summed E-state index contributed by atoms with van der Waals surface area (Å²) < 4.78 is 1.56. The second kappa shape index (κ2) is 8.83. The van der Waals surface area contributed by atoms with Gasteiger partial charge in [-0.1, -0.05) is 0 Å². The van der Waals surface area contributed by atoms with E-state index in [0.717, 1.165) is 0 Å². The van der Waals surface area contributed by atoms with E-state index in [1.165, 1.54) is 12.0 Å². The normalized spacial score (nSPS) is 14.5. The molecule has 0 atom stereocenters. The zero-order valence-electron chi connectivity index (χ0n) is 12.2. The van der Waals surface area contributed by atoms with Gasteiger partial charge < -0.3 is 37.2 Å². The Labute approximate surface area is 154 Å². The van der Waals surface area contributed by atoms with E-state index in [-0.39, 0.29) is 37.2 Å². The molecule has 0 nitrogen and oxygen atoms in total. The van der Waals surface area contributed by atoms with Gasteiger partial charge in [0.05, 0.1) is 0 Å². The molecule has 0 fully saturated rings. The van der Waals surface area contributed by atoms with Crippen molar-refractivity contribution in [3.05, 3.63) is 50.6 Å². The molecule has 1 aromatic rings. The van der Waals surface area contributed by atoms with Crippen molar-refractivity contribution in [3.63, 3.8) is 0 Å². The molecule has 2 rings (SSSR count). The van der Waals surface area contributed by atoms with Crippen molar-refractivity contribution in [1.29, 1.82) is 0 Å². The Morgan fingerprint density at radius 3 is 1.80 bits per heavy atom. The van der Waals surface area contributed by atoms with E-state index in [9.17, 15) is 0 Å². The molecule has 5 heteroatoms. The molecule has 0 aromatic heterocycles. The van der Waals surface area contributed by atoms with Crippen molar-refractivity contribution in [3.8, 4) is 0 Å². The molecular formula is C15H19Cl3SiTi. The maximum atomic E-state index is 2.48. The van der Waals surface area contributed by atoms with Crippen LogP contribution in [0.3, 0.4) is 0 Å². The maximum Gasteiger partial charge on any atom is -1.00 e. The van der Waals surface area contributed by atoms with Crippen LogP contribution in [0.1, 0.15) is 20.3 Å². The van der Waals surface area contributed by atoms with Crippen LogP contribution in [0.2, 0.25) is 13.1 Å². The van der Waals surface area contributed by atoms with Crippen LogP contribution in [0.4, 0.5) is 0 Å². The standard InChI is InChI=1S/C15H19Si.3ClH.Ti/c1-12-10-11-15(13(12)2)16(3,4)14-8-6-5-7-9-14;;;;/h5-9H,11H2,1-4H3;3*1H;/q;;;;+3/p-3. The number of benzene rings is 1. The topological polar surface area (TPSA) is 0 Å². The molecule has 1 aliphatic rings. The van der Waals surface area contributed by atoms with Crippen LogP contribution >= 0.6 is 0 Å². The SMILES string of the molecule is CC1=[C]([Ti+3])CC([Si](C)(C)c2ccccc2)=C1C.[Cl-].[Cl-].[Cl-]. The summed E-state index contributed by atoms with van der Waals surface area (Å²) in [4.78, 5) is 0. The van der Waals surface area contributed by atoms with E-state index < -0.39 is 8.07 Å². The Hall–Kier alpha value is 0.501. The van der Waals surface area contributed by atoms with Gasteiger partial charge in [0.25, 0.3) is 0 Å². The van der Waals surface area contributed by atoms with Crippen molar-refractivity contribution < 1.29 is 57.7 Å². The average Bonchev–Trinajstić information content (AvgIpc) is 2.59. The largest absolute Gasteiger partial charge is 1.00 e. The first-order valence-electron chi connectivity index (χ1n) is 6.12. The van der Waals surface area contributed by atoms with Gasteiger partial charge in [0.15, 0.2) is 0 Å². The summed E-state index contributed by atoms with van der Waals surface area (Å²) in [6, 6.07) is 11.0. The Morgan fingerprint density at radius 1 is 0.900 bits per heavy atom. The van der Waals surface area contributed by atoms with Crippen molar-refractivity contribution >= 4 is 13.3 Å². The van der Waals surface area contributed by atoms with Gasteiger partial charge in [-0.05, 0) is 0 Å². The number of rotatable bonds is 2. The molecule has 0 heterocycles. The Morgan fingerprint density at radius 2 is 1.40 bits per heavy atom. The summed E-state index contributed by atoms with van der Waals surface area (Å²) in [6.07, 6.45) is 1.20. The van der Waals surface area contributed by atoms with Crippen LogP contribution < -0.4 is 42.4 Å². The van der Waals surface area contributed by atoms with E-state index in [2.05, 4.69) is 77.7 Å². The predicted octanol–water partition coefficient (Wildman–Crippen LogP) is -5.31. The van der Waals surface area contributed by atoms with Crippen LogP contribution in [0.25, 0.3) is 0 Å². The van der Waals surface area contributed by atoms with Gasteiger partial charge in [-0.2, -0.15) is 0 Å². The second-order valence-electron chi connectivity index (χ2n) is 5.37. The monoisotopic (exact) mass is 380 g/mol. The minimum absolute atomic E-state index is 0. The van der Waals surface area contributed by atoms with Crippen LogP contribution in [0.5, 0.6) is 0 Å². The second-order valence-corrected chi connectivity index (χ2v) is 10.7. The third-order valence-electron chi connectivity index (χ3n) is 4.07. The molecule has 0 spiro atoms. The fourth-order valence-corrected chi connectivity index (χ4v) is 6.58. The number of allylic oxidation sites excluding steroid dienone is 4. The molecule has 0 saturated carbocycles. The molecule has 0 aliphatic heterocycles. The third-order valence-corrected chi connectivity index (χ3v) is 8.77. The van der Waals surface area contributed by atoms with Crippen LogP contribution in [-0.2, 0) is 20.4 Å². The van der Waals surface area contributed by atoms with Crippen molar-refractivity contribution in [2.45, 2.75) is 33.4 Å². The van der Waals surface area contributed by atoms with Gasteiger partial charge in [-0.15, -0.1) is 0 Å². The molecule has 20 heavy (non-hydrogen) atoms. The van der Waals surface area contributed by atoms with Gasteiger partial charge in [-0.3, -0.25) is 0 Å². The van der Waals surface area contributed by atoms with E-state index in [0.29, 0.717) is 0 Å². The Kier molecular flexibility index (Phi) is 10.1. The zero-order chi connectivity index (χ0) is 12.6. The Bertz CT molecular complexity index is 507. The van der Waals surface area contributed by atoms with E-state index in [4.69, 9.17) is 0 Å². The minimum atomic E-state index is -1.46. The van der Waals surface area contributed by atoms with Gasteiger partial charge in [0, 0.05) is 0 Å². The average molecular weight is 382 g/mol. The van der Waals surface area contributed by atoms with E-state index in [1.807, 2.05) is 0 Å². The van der Waals surface area contributed by atoms with Gasteiger partial charge in [-0.25, -0.2) is 0 Å². The first-order chi connectivity index (χ1) is 7.94. The molecule has 0 radical (unpaired) electrons. The Balaban J connectivity index is 0. The van der Waals surface area contributed by atoms with E-state index >= 15 is 0 Å². The third kappa shape index (κ3) is 4.25.